The van der Waals surface area contributed by atoms with Gasteiger partial charge in [-0.15, -0.1) is 13.2 Å². The maximum atomic E-state index is 14.9. The van der Waals surface area contributed by atoms with Crippen LogP contribution in [0.3, 0.4) is 0 Å². The third-order valence-electron chi connectivity index (χ3n) is 10.3. The van der Waals surface area contributed by atoms with Crippen molar-refractivity contribution in [1.29, 1.82) is 0 Å². The molecular formula is C38H46ClN3O7. The number of anilines is 1. The van der Waals surface area contributed by atoms with Gasteiger partial charge >= 0.3 is 5.97 Å². The quantitative estimate of drug-likeness (QED) is 0.187. The number of nitrogens with one attached hydrogen (secondary N) is 1. The Morgan fingerprint density at radius 2 is 1.88 bits per heavy atom. The van der Waals surface area contributed by atoms with Gasteiger partial charge in [0.15, 0.2) is 0 Å². The van der Waals surface area contributed by atoms with E-state index in [1.807, 2.05) is 44.2 Å². The number of aliphatic hydroxyl groups is 1. The molecule has 2 aromatic rings. The zero-order valence-electron chi connectivity index (χ0n) is 28.1. The Bertz CT molecular complexity index is 1550. The van der Waals surface area contributed by atoms with Gasteiger partial charge < -0.3 is 29.7 Å². The monoisotopic (exact) mass is 691 g/mol. The summed E-state index contributed by atoms with van der Waals surface area (Å²) in [6, 6.07) is 13.6. The minimum absolute atomic E-state index is 0.101. The summed E-state index contributed by atoms with van der Waals surface area (Å²) in [6.07, 6.45) is 4.75. The van der Waals surface area contributed by atoms with Crippen LogP contribution in [0.4, 0.5) is 5.69 Å². The molecule has 49 heavy (non-hydrogen) atoms. The second kappa shape index (κ2) is 15.7. The Balaban J connectivity index is 1.51. The van der Waals surface area contributed by atoms with Crippen LogP contribution >= 0.6 is 11.6 Å². The molecular weight excluding hydrogens is 646 g/mol. The van der Waals surface area contributed by atoms with Crippen LogP contribution in [-0.4, -0.2) is 77.2 Å². The number of esters is 1. The number of halogens is 1. The van der Waals surface area contributed by atoms with Crippen LogP contribution in [0.2, 0.25) is 5.02 Å². The number of fused-ring (bicyclic) bond motifs is 1. The second-order valence-corrected chi connectivity index (χ2v) is 13.5. The number of benzene rings is 2. The summed E-state index contributed by atoms with van der Waals surface area (Å²) in [4.78, 5) is 59.3. The molecule has 2 N–H and O–H groups in total. The van der Waals surface area contributed by atoms with E-state index >= 15 is 0 Å². The third-order valence-corrected chi connectivity index (χ3v) is 10.6. The number of carbonyl (C=O) groups excluding carboxylic acids is 4. The van der Waals surface area contributed by atoms with Crippen molar-refractivity contribution in [3.05, 3.63) is 90.5 Å². The van der Waals surface area contributed by atoms with Gasteiger partial charge in [0, 0.05) is 13.0 Å². The number of hydrogen-bond acceptors (Lipinski definition) is 7. The van der Waals surface area contributed by atoms with Gasteiger partial charge in [-0.2, -0.15) is 0 Å². The fraction of sp³-hybridized carbons (Fsp3) is 0.474. The zero-order valence-corrected chi connectivity index (χ0v) is 28.9. The first kappa shape index (κ1) is 36.3. The summed E-state index contributed by atoms with van der Waals surface area (Å²) in [5, 5.41) is 14.1. The molecule has 2 bridgehead atoms. The summed E-state index contributed by atoms with van der Waals surface area (Å²) in [5.74, 6) is -3.69. The highest BCUT2D eigenvalue weighted by Gasteiger charge is 2.75. The van der Waals surface area contributed by atoms with Crippen LogP contribution in [0.5, 0.6) is 0 Å². The first-order valence-electron chi connectivity index (χ1n) is 17.0. The molecule has 3 saturated heterocycles. The lowest BCUT2D eigenvalue weighted by Crippen LogP contribution is -2.60. The zero-order chi connectivity index (χ0) is 35.3. The minimum Gasteiger partial charge on any atom is -0.463 e. The van der Waals surface area contributed by atoms with Gasteiger partial charge in [0.2, 0.25) is 11.8 Å². The van der Waals surface area contributed by atoms with Crippen LogP contribution in [0.15, 0.2) is 79.9 Å². The van der Waals surface area contributed by atoms with E-state index < -0.39 is 65.4 Å². The number of aliphatic hydroxyl groups excluding tert-OH is 1. The summed E-state index contributed by atoms with van der Waals surface area (Å²) < 4.78 is 12.2. The summed E-state index contributed by atoms with van der Waals surface area (Å²) in [5.41, 5.74) is -0.113. The molecule has 0 aliphatic carbocycles. The number of hydrogen-bond donors (Lipinski definition) is 2. The number of nitrogens with zero attached hydrogens (tertiary/aromatic N) is 2. The van der Waals surface area contributed by atoms with Gasteiger partial charge in [-0.05, 0) is 42.9 Å². The number of carbonyl (C=O) groups is 4. The van der Waals surface area contributed by atoms with Gasteiger partial charge in [-0.25, -0.2) is 0 Å². The van der Waals surface area contributed by atoms with Crippen LogP contribution in [0.25, 0.3) is 0 Å². The SMILES string of the molecule is C=CCCC(=O)OC[C@H](NC(=O)[C@@H]1[C@H]2C(=O)N([C@@H](CO)[C@@H](C)CC)[C@H](C(=O)N(CC=C)c3ccccc3Cl)[C@]23CC[C@H]1O3)c1ccccc1. The molecule has 3 amide bonds. The van der Waals surface area contributed by atoms with E-state index in [1.165, 1.54) is 9.80 Å². The van der Waals surface area contributed by atoms with E-state index in [0.717, 1.165) is 5.56 Å². The van der Waals surface area contributed by atoms with E-state index in [4.69, 9.17) is 21.1 Å². The van der Waals surface area contributed by atoms with Crippen molar-refractivity contribution in [1.82, 2.24) is 10.2 Å². The Kier molecular flexibility index (Phi) is 11.6. The number of likely N-dealkylation sites (tertiary alicyclic amines) is 1. The van der Waals surface area contributed by atoms with Gasteiger partial charge in [0.25, 0.3) is 5.91 Å². The number of ether oxygens (including phenoxy) is 2. The smallest absolute Gasteiger partial charge is 0.306 e. The van der Waals surface area contributed by atoms with Gasteiger partial charge in [-0.1, -0.05) is 86.5 Å². The molecule has 3 aliphatic rings. The summed E-state index contributed by atoms with van der Waals surface area (Å²) in [6.45, 7) is 11.0. The van der Waals surface area contributed by atoms with Crippen molar-refractivity contribution in [2.24, 2.45) is 17.8 Å². The largest absolute Gasteiger partial charge is 0.463 e. The van der Waals surface area contributed by atoms with E-state index in [-0.39, 0.29) is 32.1 Å². The number of allylic oxidation sites excluding steroid dienone is 1. The minimum atomic E-state index is -1.30. The fourth-order valence-corrected chi connectivity index (χ4v) is 7.98. The first-order valence-corrected chi connectivity index (χ1v) is 17.4. The van der Waals surface area contributed by atoms with Crippen molar-refractivity contribution in [3.63, 3.8) is 0 Å². The third kappa shape index (κ3) is 6.91. The highest BCUT2D eigenvalue weighted by molar-refractivity contribution is 6.34. The number of para-hydroxylation sites is 1. The van der Waals surface area contributed by atoms with Crippen molar-refractivity contribution in [3.8, 4) is 0 Å². The first-order chi connectivity index (χ1) is 23.6. The van der Waals surface area contributed by atoms with E-state index in [0.29, 0.717) is 36.4 Å². The van der Waals surface area contributed by atoms with Crippen molar-refractivity contribution in [2.45, 2.75) is 75.8 Å². The van der Waals surface area contributed by atoms with E-state index in [1.54, 1.807) is 36.4 Å². The lowest BCUT2D eigenvalue weighted by atomic mass is 9.70. The molecule has 262 valence electrons. The highest BCUT2D eigenvalue weighted by Crippen LogP contribution is 2.59. The van der Waals surface area contributed by atoms with Crippen LogP contribution in [0.1, 0.15) is 57.6 Å². The molecule has 0 aromatic heterocycles. The Hall–Kier alpha value is -3.99. The fourth-order valence-electron chi connectivity index (χ4n) is 7.74. The normalized spacial score (nSPS) is 25.6. The van der Waals surface area contributed by atoms with Crippen molar-refractivity contribution >= 4 is 41.0 Å². The maximum Gasteiger partial charge on any atom is 0.306 e. The van der Waals surface area contributed by atoms with Crippen LogP contribution in [-0.2, 0) is 28.7 Å². The molecule has 0 unspecified atom stereocenters. The molecule has 11 heteroatoms. The molecule has 0 radical (unpaired) electrons. The molecule has 1 spiro atoms. The van der Waals surface area contributed by atoms with E-state index in [9.17, 15) is 24.3 Å². The van der Waals surface area contributed by atoms with Gasteiger partial charge in [0.1, 0.15) is 18.2 Å². The topological polar surface area (TPSA) is 125 Å². The lowest BCUT2D eigenvalue weighted by Gasteiger charge is -2.41. The predicted molar refractivity (Wildman–Crippen MR) is 186 cm³/mol. The van der Waals surface area contributed by atoms with Crippen molar-refractivity contribution < 1.29 is 33.8 Å². The molecule has 0 saturated carbocycles. The highest BCUT2D eigenvalue weighted by atomic mass is 35.5. The van der Waals surface area contributed by atoms with Crippen LogP contribution in [0, 0.1) is 17.8 Å². The predicted octanol–water partition coefficient (Wildman–Crippen LogP) is 5.01. The van der Waals surface area contributed by atoms with Gasteiger partial charge in [-0.3, -0.25) is 19.2 Å². The lowest BCUT2D eigenvalue weighted by molar-refractivity contribution is -0.147. The summed E-state index contributed by atoms with van der Waals surface area (Å²) in [7, 11) is 0. The van der Waals surface area contributed by atoms with Crippen LogP contribution < -0.4 is 10.2 Å². The Labute approximate surface area is 293 Å². The van der Waals surface area contributed by atoms with Crippen molar-refractivity contribution in [2.75, 3.05) is 24.7 Å². The molecule has 5 rings (SSSR count). The van der Waals surface area contributed by atoms with E-state index in [2.05, 4.69) is 18.5 Å². The average molecular weight is 692 g/mol. The molecule has 3 heterocycles. The summed E-state index contributed by atoms with van der Waals surface area (Å²) >= 11 is 6.59. The van der Waals surface area contributed by atoms with Gasteiger partial charge in [0.05, 0.1) is 47.3 Å². The maximum absolute atomic E-state index is 14.9. The molecule has 3 aliphatic heterocycles. The molecule has 3 fully saturated rings. The number of rotatable bonds is 16. The second-order valence-electron chi connectivity index (χ2n) is 13.1. The molecule has 8 atom stereocenters. The standard InChI is InChI=1S/C38H46ClN3O7/c1-5-8-18-31(44)48-23-27(25-14-10-9-11-15-25)40-35(45)32-30-19-20-38(49-30)33(32)36(46)42(29(22-43)24(4)7-3)34(38)37(47)41(21-6-2)28-17-13-12-16-26(28)39/h5-6,9-17,24,27,29-30,32-34,43H,1-2,7-8,18-23H2,3-4H3,(H,40,45)/t24-,27-,29-,30+,32-,33-,34+,38-/m0/s1. The Morgan fingerprint density at radius 3 is 2.53 bits per heavy atom. The Morgan fingerprint density at radius 1 is 1.16 bits per heavy atom. The molecule has 10 nitrogen and oxygen atoms in total. The average Bonchev–Trinajstić information content (AvgIpc) is 3.76. The molecule has 2 aromatic carbocycles. The number of amides is 3.